The molecule has 1 atom stereocenters. The number of nitrogens with one attached hydrogen (secondary N) is 1. The molecule has 0 amide bonds. The first-order valence-electron chi connectivity index (χ1n) is 7.24. The first-order chi connectivity index (χ1) is 9.13. The monoisotopic (exact) mass is 265 g/mol. The van der Waals surface area contributed by atoms with E-state index in [1.807, 2.05) is 14.0 Å². The topological polar surface area (TPSA) is 47.0 Å². The van der Waals surface area contributed by atoms with Crippen molar-refractivity contribution in [1.82, 2.24) is 15.3 Å². The Balaban J connectivity index is 2.97. The fraction of sp³-hybridized carbons (Fsp3) is 0.733. The van der Waals surface area contributed by atoms with Gasteiger partial charge in [0, 0.05) is 18.0 Å². The van der Waals surface area contributed by atoms with Crippen molar-refractivity contribution >= 4 is 0 Å². The van der Waals surface area contributed by atoms with Gasteiger partial charge in [-0.1, -0.05) is 13.3 Å². The molecular formula is C15H27N3O. The summed E-state index contributed by atoms with van der Waals surface area (Å²) in [5, 5.41) is 3.17. The lowest BCUT2D eigenvalue weighted by molar-refractivity contribution is 0.0491. The van der Waals surface area contributed by atoms with Gasteiger partial charge in [-0.05, 0) is 52.8 Å². The first-order valence-corrected chi connectivity index (χ1v) is 7.24. The minimum atomic E-state index is 0.0331. The van der Waals surface area contributed by atoms with Gasteiger partial charge in [0.15, 0.2) is 5.82 Å². The summed E-state index contributed by atoms with van der Waals surface area (Å²) in [6, 6.07) is 0. The van der Waals surface area contributed by atoms with Gasteiger partial charge < -0.3 is 10.1 Å². The van der Waals surface area contributed by atoms with Crippen molar-refractivity contribution in [3.05, 3.63) is 22.8 Å². The summed E-state index contributed by atoms with van der Waals surface area (Å²) in [7, 11) is 1.96. The Kier molecular flexibility index (Phi) is 6.95. The van der Waals surface area contributed by atoms with Gasteiger partial charge >= 0.3 is 0 Å². The highest BCUT2D eigenvalue weighted by molar-refractivity contribution is 5.25. The minimum absolute atomic E-state index is 0.0331. The highest BCUT2D eigenvalue weighted by Gasteiger charge is 2.16. The maximum Gasteiger partial charge on any atom is 0.157 e. The molecule has 0 aliphatic heterocycles. The van der Waals surface area contributed by atoms with Crippen molar-refractivity contribution in [3.63, 3.8) is 0 Å². The number of likely N-dealkylation sites (N-methyl/N-ethyl adjacent to an activating group) is 1. The average molecular weight is 265 g/mol. The molecule has 0 saturated heterocycles. The third kappa shape index (κ3) is 4.55. The van der Waals surface area contributed by atoms with Gasteiger partial charge in [-0.15, -0.1) is 0 Å². The zero-order chi connectivity index (χ0) is 14.3. The molecule has 4 nitrogen and oxygen atoms in total. The van der Waals surface area contributed by atoms with Crippen LogP contribution < -0.4 is 5.32 Å². The Morgan fingerprint density at radius 3 is 2.26 bits per heavy atom. The number of rotatable bonds is 8. The van der Waals surface area contributed by atoms with Crippen LogP contribution in [0.1, 0.15) is 55.6 Å². The summed E-state index contributed by atoms with van der Waals surface area (Å²) < 4.78 is 5.76. The molecular weight excluding hydrogens is 238 g/mol. The predicted molar refractivity (Wildman–Crippen MR) is 78.4 cm³/mol. The fourth-order valence-corrected chi connectivity index (χ4v) is 2.27. The Hall–Kier alpha value is -1.00. The minimum Gasteiger partial charge on any atom is -0.371 e. The van der Waals surface area contributed by atoms with Crippen molar-refractivity contribution in [1.29, 1.82) is 0 Å². The number of nitrogens with zero attached hydrogens (tertiary/aromatic N) is 2. The molecule has 19 heavy (non-hydrogen) atoms. The van der Waals surface area contributed by atoms with Gasteiger partial charge in [0.05, 0.1) is 0 Å². The smallest absolute Gasteiger partial charge is 0.157 e. The second-order valence-corrected chi connectivity index (χ2v) is 4.82. The normalized spacial score (nSPS) is 12.7. The third-order valence-electron chi connectivity index (χ3n) is 3.27. The molecule has 0 aliphatic carbocycles. The number of hydrogen-bond donors (Lipinski definition) is 1. The molecule has 108 valence electrons. The molecule has 1 N–H and O–H groups in total. The largest absolute Gasteiger partial charge is 0.371 e. The molecule has 4 heteroatoms. The van der Waals surface area contributed by atoms with E-state index in [0.29, 0.717) is 6.61 Å². The SMILES string of the molecule is CCCC(OCC)c1nc(C)c(CCNC)c(C)n1. The number of aryl methyl sites for hydroxylation is 2. The van der Waals surface area contributed by atoms with Crippen molar-refractivity contribution in [3.8, 4) is 0 Å². The maximum atomic E-state index is 5.76. The number of ether oxygens (including phenoxy) is 1. The van der Waals surface area contributed by atoms with Gasteiger partial charge in [0.25, 0.3) is 0 Å². The van der Waals surface area contributed by atoms with Crippen LogP contribution >= 0.6 is 0 Å². The van der Waals surface area contributed by atoms with E-state index in [0.717, 1.165) is 43.0 Å². The van der Waals surface area contributed by atoms with E-state index in [9.17, 15) is 0 Å². The maximum absolute atomic E-state index is 5.76. The summed E-state index contributed by atoms with van der Waals surface area (Å²) in [5.74, 6) is 0.840. The van der Waals surface area contributed by atoms with Crippen LogP contribution in [0.4, 0.5) is 0 Å². The van der Waals surface area contributed by atoms with Crippen molar-refractivity contribution < 1.29 is 4.74 Å². The van der Waals surface area contributed by atoms with Crippen molar-refractivity contribution in [2.24, 2.45) is 0 Å². The lowest BCUT2D eigenvalue weighted by atomic mass is 10.1. The van der Waals surface area contributed by atoms with Crippen LogP contribution in [0.3, 0.4) is 0 Å². The summed E-state index contributed by atoms with van der Waals surface area (Å²) >= 11 is 0. The van der Waals surface area contributed by atoms with Gasteiger partial charge in [-0.2, -0.15) is 0 Å². The molecule has 0 spiro atoms. The van der Waals surface area contributed by atoms with Crippen LogP contribution in [0.5, 0.6) is 0 Å². The van der Waals surface area contributed by atoms with Crippen LogP contribution in [0.25, 0.3) is 0 Å². The Bertz CT molecular complexity index is 364. The van der Waals surface area contributed by atoms with Crippen LogP contribution in [0, 0.1) is 13.8 Å². The molecule has 0 fully saturated rings. The number of aromatic nitrogens is 2. The molecule has 1 unspecified atom stereocenters. The standard InChI is InChI=1S/C15H27N3O/c1-6-8-14(19-7-2)15-17-11(3)13(9-10-16-5)12(4)18-15/h14,16H,6-10H2,1-5H3. The average Bonchev–Trinajstić information content (AvgIpc) is 2.37. The highest BCUT2D eigenvalue weighted by atomic mass is 16.5. The molecule has 0 bridgehead atoms. The quantitative estimate of drug-likeness (QED) is 0.785. The summed E-state index contributed by atoms with van der Waals surface area (Å²) in [6.45, 7) is 9.97. The van der Waals surface area contributed by atoms with E-state index in [-0.39, 0.29) is 6.10 Å². The van der Waals surface area contributed by atoms with Gasteiger partial charge in [-0.3, -0.25) is 0 Å². The van der Waals surface area contributed by atoms with E-state index >= 15 is 0 Å². The molecule has 1 heterocycles. The van der Waals surface area contributed by atoms with Gasteiger partial charge in [-0.25, -0.2) is 9.97 Å². The summed E-state index contributed by atoms with van der Waals surface area (Å²) in [4.78, 5) is 9.32. The third-order valence-corrected chi connectivity index (χ3v) is 3.27. The Morgan fingerprint density at radius 1 is 1.16 bits per heavy atom. The molecule has 1 aromatic rings. The van der Waals surface area contributed by atoms with Crippen LogP contribution in [-0.2, 0) is 11.2 Å². The molecule has 0 aliphatic rings. The van der Waals surface area contributed by atoms with E-state index in [2.05, 4.69) is 36.1 Å². The second kappa shape index (κ2) is 8.23. The fourth-order valence-electron chi connectivity index (χ4n) is 2.27. The van der Waals surface area contributed by atoms with E-state index in [4.69, 9.17) is 4.74 Å². The lowest BCUT2D eigenvalue weighted by Gasteiger charge is -2.17. The Labute approximate surface area is 117 Å². The van der Waals surface area contributed by atoms with Gasteiger partial charge in [0.1, 0.15) is 6.10 Å². The summed E-state index contributed by atoms with van der Waals surface area (Å²) in [5.41, 5.74) is 3.42. The predicted octanol–water partition coefficient (Wildman–Crippen LogP) is 2.73. The van der Waals surface area contributed by atoms with Crippen molar-refractivity contribution in [2.45, 2.75) is 53.1 Å². The van der Waals surface area contributed by atoms with E-state index in [1.54, 1.807) is 0 Å². The first kappa shape index (κ1) is 16.1. The number of hydrogen-bond acceptors (Lipinski definition) is 4. The molecule has 1 rings (SSSR count). The second-order valence-electron chi connectivity index (χ2n) is 4.82. The lowest BCUT2D eigenvalue weighted by Crippen LogP contribution is -2.16. The molecule has 0 radical (unpaired) electrons. The molecule has 0 aromatic carbocycles. The van der Waals surface area contributed by atoms with E-state index < -0.39 is 0 Å². The zero-order valence-corrected chi connectivity index (χ0v) is 12.9. The summed E-state index contributed by atoms with van der Waals surface area (Å²) in [6.07, 6.45) is 3.06. The van der Waals surface area contributed by atoms with Crippen LogP contribution in [-0.4, -0.2) is 30.2 Å². The highest BCUT2D eigenvalue weighted by Crippen LogP contribution is 2.22. The zero-order valence-electron chi connectivity index (χ0n) is 12.9. The Morgan fingerprint density at radius 2 is 1.79 bits per heavy atom. The van der Waals surface area contributed by atoms with Crippen LogP contribution in [0.2, 0.25) is 0 Å². The van der Waals surface area contributed by atoms with Gasteiger partial charge in [0.2, 0.25) is 0 Å². The van der Waals surface area contributed by atoms with E-state index in [1.165, 1.54) is 5.56 Å². The van der Waals surface area contributed by atoms with Crippen LogP contribution in [0.15, 0.2) is 0 Å². The molecule has 1 aromatic heterocycles. The molecule has 0 saturated carbocycles. The van der Waals surface area contributed by atoms with Crippen molar-refractivity contribution in [2.75, 3.05) is 20.2 Å².